The number of nitrogens with one attached hydrogen (secondary N) is 1. The monoisotopic (exact) mass is 503 g/mol. The molecule has 9 nitrogen and oxygen atoms in total. The summed E-state index contributed by atoms with van der Waals surface area (Å²) < 4.78 is 21.5. The molecule has 3 aromatic rings. The molecule has 0 atom stereocenters. The summed E-state index contributed by atoms with van der Waals surface area (Å²) in [6.45, 7) is 2.16. The Labute approximate surface area is 205 Å². The van der Waals surface area contributed by atoms with E-state index < -0.39 is 0 Å². The molecule has 34 heavy (non-hydrogen) atoms. The summed E-state index contributed by atoms with van der Waals surface area (Å²) in [6, 6.07) is 7.14. The van der Waals surface area contributed by atoms with Crippen molar-refractivity contribution in [2.45, 2.75) is 44.4 Å². The number of amides is 1. The lowest BCUT2D eigenvalue weighted by Gasteiger charge is -2.12. The number of anilines is 1. The molecule has 1 aliphatic rings. The number of aromatic nitrogens is 2. The minimum atomic E-state index is -0.386. The number of fused-ring (bicyclic) bond motifs is 1. The molecule has 2 aromatic heterocycles. The van der Waals surface area contributed by atoms with E-state index in [0.717, 1.165) is 53.6 Å². The second-order valence-corrected chi connectivity index (χ2v) is 9.43. The smallest absolute Gasteiger partial charge is 0.341 e. The lowest BCUT2D eigenvalue weighted by molar-refractivity contribution is -0.113. The van der Waals surface area contributed by atoms with Gasteiger partial charge in [-0.1, -0.05) is 11.8 Å². The number of esters is 1. The van der Waals surface area contributed by atoms with Gasteiger partial charge in [-0.3, -0.25) is 4.79 Å². The Kier molecular flexibility index (Phi) is 8.07. The van der Waals surface area contributed by atoms with Crippen LogP contribution in [-0.4, -0.2) is 41.5 Å². The summed E-state index contributed by atoms with van der Waals surface area (Å²) >= 11 is 2.58. The maximum absolute atomic E-state index is 12.6. The van der Waals surface area contributed by atoms with Gasteiger partial charge in [0.05, 0.1) is 25.0 Å². The fraction of sp³-hybridized carbons (Fsp3) is 0.391. The maximum Gasteiger partial charge on any atom is 0.341 e. The summed E-state index contributed by atoms with van der Waals surface area (Å²) in [5.41, 5.74) is 1.51. The second-order valence-electron chi connectivity index (χ2n) is 7.40. The molecule has 1 aliphatic carbocycles. The Morgan fingerprint density at radius 2 is 1.91 bits per heavy atom. The standard InChI is InChI=1S/C23H25N3O6S2/c1-3-30-22(28)20-16-6-4-5-7-17(16)34-21(20)24-18(27)13-33-23-26-25-19(32-23)12-31-15-10-8-14(29-2)9-11-15/h8-11H,3-7,12-13H2,1-2H3,(H,24,27). The van der Waals surface area contributed by atoms with Gasteiger partial charge in [0.25, 0.3) is 11.1 Å². The Morgan fingerprint density at radius 3 is 2.68 bits per heavy atom. The highest BCUT2D eigenvalue weighted by Crippen LogP contribution is 2.38. The van der Waals surface area contributed by atoms with Crippen LogP contribution >= 0.6 is 23.1 Å². The van der Waals surface area contributed by atoms with Crippen molar-refractivity contribution in [3.05, 3.63) is 46.2 Å². The first-order valence-corrected chi connectivity index (χ1v) is 12.7. The van der Waals surface area contributed by atoms with Crippen LogP contribution in [0.15, 0.2) is 33.9 Å². The molecule has 4 rings (SSSR count). The molecule has 1 aromatic carbocycles. The van der Waals surface area contributed by atoms with Gasteiger partial charge in [0, 0.05) is 4.88 Å². The number of hydrogen-bond acceptors (Lipinski definition) is 10. The van der Waals surface area contributed by atoms with Gasteiger partial charge in [-0.15, -0.1) is 21.5 Å². The third-order valence-corrected chi connectivity index (χ3v) is 7.13. The molecule has 0 radical (unpaired) electrons. The van der Waals surface area contributed by atoms with E-state index in [-0.39, 0.29) is 36.1 Å². The largest absolute Gasteiger partial charge is 0.497 e. The molecule has 0 unspecified atom stereocenters. The molecule has 1 N–H and O–H groups in total. The van der Waals surface area contributed by atoms with E-state index in [9.17, 15) is 9.59 Å². The van der Waals surface area contributed by atoms with Crippen molar-refractivity contribution in [3.8, 4) is 11.5 Å². The number of carbonyl (C=O) groups is 2. The SMILES string of the molecule is CCOC(=O)c1c(NC(=O)CSc2nnc(COc3ccc(OC)cc3)o2)sc2c1CCCC2. The van der Waals surface area contributed by atoms with Crippen LogP contribution in [-0.2, 0) is 29.0 Å². The minimum absolute atomic E-state index is 0.0613. The summed E-state index contributed by atoms with van der Waals surface area (Å²) in [6.07, 6.45) is 3.86. The first-order chi connectivity index (χ1) is 16.6. The van der Waals surface area contributed by atoms with Gasteiger partial charge in [0.15, 0.2) is 6.61 Å². The van der Waals surface area contributed by atoms with Crippen LogP contribution in [0, 0.1) is 0 Å². The highest BCUT2D eigenvalue weighted by atomic mass is 32.2. The number of methoxy groups -OCH3 is 1. The summed E-state index contributed by atoms with van der Waals surface area (Å²) in [4.78, 5) is 26.3. The van der Waals surface area contributed by atoms with Crippen molar-refractivity contribution in [3.63, 3.8) is 0 Å². The van der Waals surface area contributed by atoms with Crippen LogP contribution in [0.25, 0.3) is 0 Å². The first kappa shape index (κ1) is 24.1. The number of thioether (sulfide) groups is 1. The van der Waals surface area contributed by atoms with E-state index in [1.165, 1.54) is 11.3 Å². The minimum Gasteiger partial charge on any atom is -0.497 e. The zero-order chi connectivity index (χ0) is 23.9. The third-order valence-electron chi connectivity index (χ3n) is 5.10. The third kappa shape index (κ3) is 5.89. The summed E-state index contributed by atoms with van der Waals surface area (Å²) in [5, 5.41) is 11.6. The van der Waals surface area contributed by atoms with E-state index in [1.807, 2.05) is 0 Å². The molecule has 11 heteroatoms. The van der Waals surface area contributed by atoms with Crippen molar-refractivity contribution in [1.82, 2.24) is 10.2 Å². The second kappa shape index (κ2) is 11.4. The lowest BCUT2D eigenvalue weighted by Crippen LogP contribution is -2.17. The molecule has 0 saturated heterocycles. The molecular formula is C23H25N3O6S2. The van der Waals surface area contributed by atoms with Crippen LogP contribution in [0.4, 0.5) is 5.00 Å². The molecule has 0 bridgehead atoms. The van der Waals surface area contributed by atoms with Gasteiger partial charge in [0.1, 0.15) is 16.5 Å². The molecule has 0 saturated carbocycles. The van der Waals surface area contributed by atoms with Gasteiger partial charge >= 0.3 is 5.97 Å². The fourth-order valence-corrected chi connectivity index (χ4v) is 5.41. The van der Waals surface area contributed by atoms with Gasteiger partial charge in [-0.25, -0.2) is 4.79 Å². The maximum atomic E-state index is 12.6. The number of ether oxygens (including phenoxy) is 3. The average Bonchev–Trinajstić information content (AvgIpc) is 3.46. The van der Waals surface area contributed by atoms with Gasteiger partial charge in [-0.2, -0.15) is 0 Å². The van der Waals surface area contributed by atoms with Crippen molar-refractivity contribution in [2.24, 2.45) is 0 Å². The van der Waals surface area contributed by atoms with Crippen LogP contribution < -0.4 is 14.8 Å². The molecule has 1 amide bonds. The Morgan fingerprint density at radius 1 is 1.15 bits per heavy atom. The number of rotatable bonds is 10. The first-order valence-electron chi connectivity index (χ1n) is 10.9. The normalized spacial score (nSPS) is 12.6. The van der Waals surface area contributed by atoms with Crippen molar-refractivity contribution < 1.29 is 28.2 Å². The van der Waals surface area contributed by atoms with Crippen molar-refractivity contribution in [1.29, 1.82) is 0 Å². The van der Waals surface area contributed by atoms with E-state index in [2.05, 4.69) is 15.5 Å². The van der Waals surface area contributed by atoms with Crippen LogP contribution in [0.3, 0.4) is 0 Å². The zero-order valence-electron chi connectivity index (χ0n) is 18.9. The van der Waals surface area contributed by atoms with Crippen LogP contribution in [0.1, 0.15) is 46.5 Å². The predicted octanol–water partition coefficient (Wildman–Crippen LogP) is 4.51. The van der Waals surface area contributed by atoms with Crippen LogP contribution in [0.5, 0.6) is 11.5 Å². The zero-order valence-corrected chi connectivity index (χ0v) is 20.6. The number of carbonyl (C=O) groups excluding carboxylic acids is 2. The fourth-order valence-electron chi connectivity index (χ4n) is 3.54. The number of benzene rings is 1. The molecular weight excluding hydrogens is 478 g/mol. The number of nitrogens with zero attached hydrogens (tertiary/aromatic N) is 2. The number of hydrogen-bond donors (Lipinski definition) is 1. The predicted molar refractivity (Wildman–Crippen MR) is 128 cm³/mol. The van der Waals surface area contributed by atoms with Crippen molar-refractivity contribution in [2.75, 3.05) is 24.8 Å². The van der Waals surface area contributed by atoms with E-state index in [1.54, 1.807) is 38.3 Å². The quantitative estimate of drug-likeness (QED) is 0.315. The Balaban J connectivity index is 1.32. The van der Waals surface area contributed by atoms with E-state index in [0.29, 0.717) is 22.2 Å². The summed E-state index contributed by atoms with van der Waals surface area (Å²) in [5.74, 6) is 1.09. The summed E-state index contributed by atoms with van der Waals surface area (Å²) in [7, 11) is 1.60. The Hall–Kier alpha value is -3.05. The van der Waals surface area contributed by atoms with Crippen LogP contribution in [0.2, 0.25) is 0 Å². The van der Waals surface area contributed by atoms with Gasteiger partial charge < -0.3 is 23.9 Å². The highest BCUT2D eigenvalue weighted by Gasteiger charge is 2.27. The molecule has 180 valence electrons. The van der Waals surface area contributed by atoms with Gasteiger partial charge in [0.2, 0.25) is 5.91 Å². The van der Waals surface area contributed by atoms with Gasteiger partial charge in [-0.05, 0) is 62.4 Å². The van der Waals surface area contributed by atoms with Crippen molar-refractivity contribution >= 4 is 40.0 Å². The molecule has 0 aliphatic heterocycles. The van der Waals surface area contributed by atoms with E-state index in [4.69, 9.17) is 18.6 Å². The number of thiophene rings is 1. The molecule has 2 heterocycles. The van der Waals surface area contributed by atoms with E-state index >= 15 is 0 Å². The highest BCUT2D eigenvalue weighted by molar-refractivity contribution is 7.99. The average molecular weight is 504 g/mol. The topological polar surface area (TPSA) is 113 Å². The molecule has 0 spiro atoms. The molecule has 0 fully saturated rings. The number of aryl methyl sites for hydroxylation is 1. The lowest BCUT2D eigenvalue weighted by atomic mass is 9.95. The Bertz CT molecular complexity index is 1140.